The molecule has 0 aromatic heterocycles. The predicted molar refractivity (Wildman–Crippen MR) is 133 cm³/mol. The van der Waals surface area contributed by atoms with E-state index in [1.807, 2.05) is 18.2 Å². The molecule has 0 heterocycles. The van der Waals surface area contributed by atoms with Crippen LogP contribution in [-0.4, -0.2) is 18.0 Å². The highest BCUT2D eigenvalue weighted by atomic mass is 16.6. The molecule has 0 unspecified atom stereocenters. The minimum atomic E-state index is -0.395. The van der Waals surface area contributed by atoms with Gasteiger partial charge in [0.05, 0.1) is 4.92 Å². The van der Waals surface area contributed by atoms with Crippen LogP contribution in [0.25, 0.3) is 10.8 Å². The number of nitro benzene ring substituents is 1. The second-order valence-corrected chi connectivity index (χ2v) is 7.95. The van der Waals surface area contributed by atoms with Gasteiger partial charge in [-0.15, -0.1) is 0 Å². The lowest BCUT2D eigenvalue weighted by molar-refractivity contribution is -0.384. The van der Waals surface area contributed by atoms with Crippen molar-refractivity contribution < 1.29 is 9.66 Å². The van der Waals surface area contributed by atoms with Crippen LogP contribution in [0.3, 0.4) is 0 Å². The van der Waals surface area contributed by atoms with Crippen LogP contribution in [0.2, 0.25) is 0 Å². The average molecular weight is 442 g/mol. The van der Waals surface area contributed by atoms with Crippen molar-refractivity contribution in [2.75, 3.05) is 18.4 Å². The van der Waals surface area contributed by atoms with Gasteiger partial charge in [-0.25, -0.2) is 0 Å². The van der Waals surface area contributed by atoms with E-state index in [-0.39, 0.29) is 5.69 Å². The number of rotatable bonds is 10. The lowest BCUT2D eigenvalue weighted by Crippen LogP contribution is -2.22. The Labute approximate surface area is 193 Å². The summed E-state index contributed by atoms with van der Waals surface area (Å²) in [5, 5.41) is 19.9. The minimum absolute atomic E-state index is 0.0906. The molecule has 0 aliphatic rings. The monoisotopic (exact) mass is 441 g/mol. The van der Waals surface area contributed by atoms with Crippen LogP contribution in [0.5, 0.6) is 5.75 Å². The summed E-state index contributed by atoms with van der Waals surface area (Å²) >= 11 is 0. The first-order chi connectivity index (χ1) is 16.1. The molecule has 0 saturated carbocycles. The molecule has 4 aromatic carbocycles. The summed E-state index contributed by atoms with van der Waals surface area (Å²) in [4.78, 5) is 10.4. The van der Waals surface area contributed by atoms with Crippen molar-refractivity contribution in [2.24, 2.45) is 0 Å². The number of nitro groups is 1. The molecule has 2 N–H and O–H groups in total. The first-order valence-electron chi connectivity index (χ1n) is 11.0. The van der Waals surface area contributed by atoms with E-state index in [1.165, 1.54) is 28.5 Å². The first kappa shape index (κ1) is 22.3. The van der Waals surface area contributed by atoms with Crippen LogP contribution in [0, 0.1) is 17.0 Å². The number of benzene rings is 4. The van der Waals surface area contributed by atoms with E-state index >= 15 is 0 Å². The maximum atomic E-state index is 10.8. The molecule has 0 bridgehead atoms. The highest BCUT2D eigenvalue weighted by molar-refractivity contribution is 5.87. The zero-order valence-corrected chi connectivity index (χ0v) is 18.6. The van der Waals surface area contributed by atoms with Gasteiger partial charge in [-0.1, -0.05) is 60.2 Å². The number of fused-ring (bicyclic) bond motifs is 1. The maximum absolute atomic E-state index is 10.8. The van der Waals surface area contributed by atoms with Gasteiger partial charge in [0.25, 0.3) is 5.69 Å². The Morgan fingerprint density at radius 2 is 1.64 bits per heavy atom. The number of anilines is 1. The number of non-ortho nitro benzene ring substituents is 1. The van der Waals surface area contributed by atoms with Gasteiger partial charge in [0, 0.05) is 43.0 Å². The Morgan fingerprint density at radius 3 is 2.39 bits per heavy atom. The Bertz CT molecular complexity index is 1220. The molecule has 0 aliphatic carbocycles. The molecule has 0 spiro atoms. The summed E-state index contributed by atoms with van der Waals surface area (Å²) in [5.41, 5.74) is 4.45. The van der Waals surface area contributed by atoms with Gasteiger partial charge < -0.3 is 15.4 Å². The van der Waals surface area contributed by atoms with Gasteiger partial charge in [-0.2, -0.15) is 0 Å². The van der Waals surface area contributed by atoms with Crippen molar-refractivity contribution in [3.05, 3.63) is 112 Å². The zero-order chi connectivity index (χ0) is 23.0. The van der Waals surface area contributed by atoms with Gasteiger partial charge in [0.1, 0.15) is 12.4 Å². The van der Waals surface area contributed by atoms with Gasteiger partial charge in [0.2, 0.25) is 0 Å². The third kappa shape index (κ3) is 5.87. The highest BCUT2D eigenvalue weighted by Gasteiger charge is 2.09. The smallest absolute Gasteiger partial charge is 0.269 e. The summed E-state index contributed by atoms with van der Waals surface area (Å²) in [7, 11) is 0. The summed E-state index contributed by atoms with van der Waals surface area (Å²) in [6.07, 6.45) is 0. The summed E-state index contributed by atoms with van der Waals surface area (Å²) in [6, 6.07) is 27.3. The van der Waals surface area contributed by atoms with E-state index in [0.717, 1.165) is 29.1 Å². The van der Waals surface area contributed by atoms with Gasteiger partial charge in [-0.3, -0.25) is 10.1 Å². The molecule has 6 heteroatoms. The maximum Gasteiger partial charge on any atom is 0.269 e. The number of nitrogens with one attached hydrogen (secondary N) is 2. The van der Waals surface area contributed by atoms with Crippen LogP contribution in [0.4, 0.5) is 11.4 Å². The molecule has 0 fully saturated rings. The lowest BCUT2D eigenvalue weighted by Gasteiger charge is -2.16. The molecule has 6 nitrogen and oxygen atoms in total. The Kier molecular flexibility index (Phi) is 7.17. The Morgan fingerprint density at radius 1 is 0.879 bits per heavy atom. The van der Waals surface area contributed by atoms with Crippen LogP contribution in [0.1, 0.15) is 16.7 Å². The standard InChI is InChI=1S/C27H27N3O3/c1-20-6-8-21(9-7-20)19-33-27-15-10-22-4-2-3-5-25(22)26(27)18-28-16-17-29-23-11-13-24(14-12-23)30(31)32/h2-15,28-29H,16-19H2,1H3. The number of aryl methyl sites for hydroxylation is 1. The molecule has 168 valence electrons. The van der Waals surface area contributed by atoms with Crippen LogP contribution < -0.4 is 15.4 Å². The topological polar surface area (TPSA) is 76.4 Å². The van der Waals surface area contributed by atoms with Crippen molar-refractivity contribution in [3.63, 3.8) is 0 Å². The molecule has 0 atom stereocenters. The van der Waals surface area contributed by atoms with E-state index in [9.17, 15) is 10.1 Å². The molecular weight excluding hydrogens is 414 g/mol. The number of hydrogen-bond acceptors (Lipinski definition) is 5. The lowest BCUT2D eigenvalue weighted by atomic mass is 10.0. The molecule has 0 saturated heterocycles. The van der Waals surface area contributed by atoms with Crippen molar-refractivity contribution >= 4 is 22.1 Å². The normalized spacial score (nSPS) is 10.8. The van der Waals surface area contributed by atoms with Crippen molar-refractivity contribution in [1.82, 2.24) is 5.32 Å². The second kappa shape index (κ2) is 10.6. The minimum Gasteiger partial charge on any atom is -0.489 e. The fourth-order valence-electron chi connectivity index (χ4n) is 3.69. The predicted octanol–water partition coefficient (Wildman–Crippen LogP) is 5.84. The number of hydrogen-bond donors (Lipinski definition) is 2. The van der Waals surface area contributed by atoms with Crippen molar-refractivity contribution in [2.45, 2.75) is 20.1 Å². The van der Waals surface area contributed by atoms with Gasteiger partial charge >= 0.3 is 0 Å². The number of ether oxygens (including phenoxy) is 1. The molecule has 4 aromatic rings. The van der Waals surface area contributed by atoms with Crippen LogP contribution in [0.15, 0.2) is 84.9 Å². The zero-order valence-electron chi connectivity index (χ0n) is 18.6. The second-order valence-electron chi connectivity index (χ2n) is 7.95. The van der Waals surface area contributed by atoms with Crippen LogP contribution in [-0.2, 0) is 13.2 Å². The molecule has 33 heavy (non-hydrogen) atoms. The van der Waals surface area contributed by atoms with E-state index < -0.39 is 4.92 Å². The average Bonchev–Trinajstić information content (AvgIpc) is 2.84. The Balaban J connectivity index is 1.38. The number of nitrogens with zero attached hydrogens (tertiary/aromatic N) is 1. The summed E-state index contributed by atoms with van der Waals surface area (Å²) in [6.45, 7) is 4.70. The van der Waals surface area contributed by atoms with E-state index in [1.54, 1.807) is 12.1 Å². The van der Waals surface area contributed by atoms with Gasteiger partial charge in [0.15, 0.2) is 0 Å². The first-order valence-corrected chi connectivity index (χ1v) is 11.0. The van der Waals surface area contributed by atoms with E-state index in [4.69, 9.17) is 4.74 Å². The quantitative estimate of drug-likeness (QED) is 0.184. The third-order valence-electron chi connectivity index (χ3n) is 5.52. The van der Waals surface area contributed by atoms with Crippen molar-refractivity contribution in [3.8, 4) is 5.75 Å². The molecule has 0 radical (unpaired) electrons. The highest BCUT2D eigenvalue weighted by Crippen LogP contribution is 2.29. The summed E-state index contributed by atoms with van der Waals surface area (Å²) < 4.78 is 6.22. The SMILES string of the molecule is Cc1ccc(COc2ccc3ccccc3c2CNCCNc2ccc([N+](=O)[O-])cc2)cc1. The van der Waals surface area contributed by atoms with E-state index in [0.29, 0.717) is 19.7 Å². The van der Waals surface area contributed by atoms with E-state index in [2.05, 4.69) is 60.0 Å². The third-order valence-corrected chi connectivity index (χ3v) is 5.52. The molecule has 0 aliphatic heterocycles. The van der Waals surface area contributed by atoms with Gasteiger partial charge in [-0.05, 0) is 41.5 Å². The van der Waals surface area contributed by atoms with Crippen molar-refractivity contribution in [1.29, 1.82) is 0 Å². The molecular formula is C27H27N3O3. The molecule has 0 amide bonds. The molecule has 4 rings (SSSR count). The summed E-state index contributed by atoms with van der Waals surface area (Å²) in [5.74, 6) is 0.880. The Hall–Kier alpha value is -3.90. The fraction of sp³-hybridized carbons (Fsp3) is 0.185. The fourth-order valence-corrected chi connectivity index (χ4v) is 3.69. The van der Waals surface area contributed by atoms with Crippen LogP contribution >= 0.6 is 0 Å². The largest absolute Gasteiger partial charge is 0.489 e.